The first-order valence-electron chi connectivity index (χ1n) is 21.4. The number of carbonyl (C=O) groups is 1. The molecule has 17 nitrogen and oxygen atoms in total. The van der Waals surface area contributed by atoms with Gasteiger partial charge in [-0.2, -0.15) is 20.7 Å². The van der Waals surface area contributed by atoms with Crippen molar-refractivity contribution in [3.63, 3.8) is 0 Å². The van der Waals surface area contributed by atoms with Crippen LogP contribution in [0.25, 0.3) is 33.5 Å². The Morgan fingerprint density at radius 2 is 1.58 bits per heavy atom. The van der Waals surface area contributed by atoms with Crippen LogP contribution in [0.1, 0.15) is 93.1 Å². The van der Waals surface area contributed by atoms with E-state index in [1.807, 2.05) is 46.2 Å². The summed E-state index contributed by atoms with van der Waals surface area (Å²) in [5.74, 6) is 1.60. The van der Waals surface area contributed by atoms with Gasteiger partial charge in [0.05, 0.1) is 74.6 Å². The quantitative estimate of drug-likeness (QED) is 0.0912. The number of hydrogen-bond donors (Lipinski definition) is 4. The van der Waals surface area contributed by atoms with Gasteiger partial charge in [0.15, 0.2) is 5.75 Å². The number of anilines is 2. The molecule has 62 heavy (non-hydrogen) atoms. The van der Waals surface area contributed by atoms with E-state index in [1.54, 1.807) is 37.8 Å². The molecule has 4 unspecified atom stereocenters. The van der Waals surface area contributed by atoms with Crippen LogP contribution in [-0.2, 0) is 4.74 Å². The van der Waals surface area contributed by atoms with Crippen molar-refractivity contribution in [1.82, 2.24) is 49.8 Å². The van der Waals surface area contributed by atoms with Gasteiger partial charge >= 0.3 is 0 Å². The highest BCUT2D eigenvalue weighted by molar-refractivity contribution is 5.94. The van der Waals surface area contributed by atoms with Crippen LogP contribution in [0.5, 0.6) is 5.75 Å². The first-order chi connectivity index (χ1) is 30.4. The van der Waals surface area contributed by atoms with Crippen molar-refractivity contribution >= 4 is 28.6 Å². The number of aromatic nitrogens is 9. The van der Waals surface area contributed by atoms with Gasteiger partial charge in [0.25, 0.3) is 5.91 Å². The van der Waals surface area contributed by atoms with E-state index in [-0.39, 0.29) is 36.1 Å². The van der Waals surface area contributed by atoms with Crippen molar-refractivity contribution in [2.75, 3.05) is 25.6 Å². The lowest BCUT2D eigenvalue weighted by Gasteiger charge is -2.23. The molecule has 4 N–H and O–H groups in total. The summed E-state index contributed by atoms with van der Waals surface area (Å²) in [4.78, 5) is 33.4. The molecule has 1 aromatic carbocycles. The van der Waals surface area contributed by atoms with Crippen molar-refractivity contribution in [2.24, 2.45) is 11.8 Å². The van der Waals surface area contributed by atoms with Gasteiger partial charge in [-0.25, -0.2) is 19.9 Å². The molecule has 17 heteroatoms. The number of nitriles is 2. The molecule has 6 heterocycles. The molecular weight excluding hydrogens is 787 g/mol. The second kappa shape index (κ2) is 19.8. The van der Waals surface area contributed by atoms with Crippen LogP contribution in [-0.4, -0.2) is 88.0 Å². The number of H-pyrrole nitrogens is 1. The van der Waals surface area contributed by atoms with Gasteiger partial charge in [0, 0.05) is 65.6 Å². The van der Waals surface area contributed by atoms with Gasteiger partial charge in [0.1, 0.15) is 17.7 Å². The first-order valence-corrected chi connectivity index (χ1v) is 21.4. The Labute approximate surface area is 359 Å². The maximum atomic E-state index is 12.6. The number of aliphatic hydroxyl groups is 1. The third-order valence-electron chi connectivity index (χ3n) is 12.3. The van der Waals surface area contributed by atoms with Crippen molar-refractivity contribution in [1.29, 1.82) is 10.5 Å². The van der Waals surface area contributed by atoms with Crippen molar-refractivity contribution in [2.45, 2.75) is 94.9 Å². The third kappa shape index (κ3) is 9.75. The molecule has 2 aliphatic carbocycles. The molecule has 3 fully saturated rings. The maximum Gasteiger partial charge on any atom is 0.251 e. The lowest BCUT2D eigenvalue weighted by atomic mass is 9.96. The maximum absolute atomic E-state index is 12.6. The van der Waals surface area contributed by atoms with E-state index in [0.29, 0.717) is 54.9 Å². The van der Waals surface area contributed by atoms with Crippen LogP contribution in [0.4, 0.5) is 11.6 Å². The van der Waals surface area contributed by atoms with Gasteiger partial charge in [-0.05, 0) is 87.1 Å². The van der Waals surface area contributed by atoms with E-state index in [1.165, 1.54) is 19.2 Å². The number of benzene rings is 1. The highest BCUT2D eigenvalue weighted by Crippen LogP contribution is 2.38. The molecule has 2 saturated carbocycles. The highest BCUT2D eigenvalue weighted by Gasteiger charge is 2.32. The molecule has 3 aliphatic rings. The number of nitrogens with one attached hydrogen (secondary N) is 3. The Kier molecular flexibility index (Phi) is 13.4. The Balaban J connectivity index is 0.000000189. The second-order valence-electron chi connectivity index (χ2n) is 16.2. The van der Waals surface area contributed by atoms with E-state index < -0.39 is 0 Å². The van der Waals surface area contributed by atoms with Crippen molar-refractivity contribution < 1.29 is 19.4 Å². The average Bonchev–Trinajstić information content (AvgIpc) is 4.17. The number of ether oxygens (including phenoxy) is 2. The number of carbonyl (C=O) groups excluding carboxylic acids is 1. The molecule has 1 amide bonds. The van der Waals surface area contributed by atoms with Crippen LogP contribution in [0.2, 0.25) is 0 Å². The summed E-state index contributed by atoms with van der Waals surface area (Å²) in [7, 11) is 1.58. The number of aliphatic hydroxyl groups excluding tert-OH is 1. The fourth-order valence-corrected chi connectivity index (χ4v) is 8.94. The molecule has 4 atom stereocenters. The molecule has 0 radical (unpaired) electrons. The number of methoxy groups -OCH3 is 1. The number of hydrogen-bond acceptors (Lipinski definition) is 13. The van der Waals surface area contributed by atoms with Crippen LogP contribution < -0.4 is 15.4 Å². The third-order valence-corrected chi connectivity index (χ3v) is 12.3. The molecule has 6 aromatic rings. The zero-order valence-corrected chi connectivity index (χ0v) is 34.7. The molecular formula is C45H51N13O4. The van der Waals surface area contributed by atoms with Crippen LogP contribution in [0, 0.1) is 34.5 Å². The van der Waals surface area contributed by atoms with E-state index in [2.05, 4.69) is 52.9 Å². The largest absolute Gasteiger partial charge is 0.493 e. The predicted molar refractivity (Wildman–Crippen MR) is 230 cm³/mol. The van der Waals surface area contributed by atoms with E-state index in [9.17, 15) is 20.4 Å². The monoisotopic (exact) mass is 837 g/mol. The summed E-state index contributed by atoms with van der Waals surface area (Å²) in [6.07, 6.45) is 21.8. The van der Waals surface area contributed by atoms with Crippen molar-refractivity contribution in [3.05, 3.63) is 79.4 Å². The zero-order chi connectivity index (χ0) is 42.8. The van der Waals surface area contributed by atoms with Crippen LogP contribution >= 0.6 is 0 Å². The van der Waals surface area contributed by atoms with E-state index >= 15 is 0 Å². The molecule has 320 valence electrons. The summed E-state index contributed by atoms with van der Waals surface area (Å²) in [5, 5.41) is 44.7. The van der Waals surface area contributed by atoms with E-state index in [0.717, 1.165) is 78.5 Å². The Morgan fingerprint density at radius 3 is 2.24 bits per heavy atom. The minimum Gasteiger partial charge on any atom is -0.493 e. The fourth-order valence-electron chi connectivity index (χ4n) is 8.94. The normalized spacial score (nSPS) is 18.9. The Hall–Kier alpha value is -6.69. The number of amides is 1. The number of rotatable bonds is 13. The lowest BCUT2D eigenvalue weighted by molar-refractivity contribution is 0.0696. The van der Waals surface area contributed by atoms with Gasteiger partial charge in [0.2, 0.25) is 5.95 Å². The molecule has 1 aliphatic heterocycles. The standard InChI is InChI=1S/C28H33N7O3.C17H18N6O/c1-37-25-17-30-28(33-22-8-6-20(7-9-22)27(36)32-23-11-14-38-15-12-23)34-26(25)21-16-31-35(18-21)24(10-13-29)19-4-2-3-5-19;18-5-3-15(11-1-2-13(24)7-11)23-9-12(8-22-23)16-14-4-6-19-17(14)21-10-20-16/h6-9,16-19,23-24H,2-5,10-12,14-15H2,1H3,(H,32,36)(H,30,33,34);4,6,8-11,13,15,24H,1-3,7H2,(H,19,20,21). The number of nitrogens with zero attached hydrogens (tertiary/aromatic N) is 10. The van der Waals surface area contributed by atoms with Gasteiger partial charge in [-0.1, -0.05) is 12.8 Å². The van der Waals surface area contributed by atoms with Gasteiger partial charge in [-0.3, -0.25) is 14.2 Å². The van der Waals surface area contributed by atoms with Crippen LogP contribution in [0.15, 0.2) is 73.8 Å². The van der Waals surface area contributed by atoms with Crippen LogP contribution in [0.3, 0.4) is 0 Å². The Bertz CT molecular complexity index is 2510. The Morgan fingerprint density at radius 1 is 0.887 bits per heavy atom. The molecule has 0 spiro atoms. The smallest absolute Gasteiger partial charge is 0.251 e. The van der Waals surface area contributed by atoms with Gasteiger partial charge < -0.3 is 30.2 Å². The minimum absolute atomic E-state index is 0.00977. The summed E-state index contributed by atoms with van der Waals surface area (Å²) in [5.41, 5.74) is 5.30. The predicted octanol–water partition coefficient (Wildman–Crippen LogP) is 7.08. The molecule has 5 aromatic heterocycles. The summed E-state index contributed by atoms with van der Waals surface area (Å²) in [6.45, 7) is 1.36. The first kappa shape index (κ1) is 42.0. The second-order valence-corrected chi connectivity index (χ2v) is 16.2. The lowest BCUT2D eigenvalue weighted by Crippen LogP contribution is -2.38. The zero-order valence-electron chi connectivity index (χ0n) is 34.7. The molecule has 1 saturated heterocycles. The highest BCUT2D eigenvalue weighted by atomic mass is 16.5. The molecule has 9 rings (SSSR count). The number of aromatic amines is 1. The summed E-state index contributed by atoms with van der Waals surface area (Å²) < 4.78 is 14.7. The summed E-state index contributed by atoms with van der Waals surface area (Å²) in [6, 6.07) is 14.0. The number of fused-ring (bicyclic) bond motifs is 1. The van der Waals surface area contributed by atoms with Gasteiger partial charge in [-0.15, -0.1) is 0 Å². The summed E-state index contributed by atoms with van der Waals surface area (Å²) >= 11 is 0. The minimum atomic E-state index is -0.257. The topological polar surface area (TPSA) is 230 Å². The molecule has 0 bridgehead atoms. The SMILES string of the molecule is COc1cnc(Nc2ccc(C(=O)NC3CCOCC3)cc2)nc1-c1cnn(C(CC#N)C2CCCC2)c1.N#CCC(C1CCC(O)C1)n1cc(-c2ncnc3[nH]ccc23)cn1. The van der Waals surface area contributed by atoms with Crippen molar-refractivity contribution in [3.8, 4) is 40.4 Å². The fraction of sp³-hybridized carbons (Fsp3) is 0.444. The average molecular weight is 838 g/mol. The van der Waals surface area contributed by atoms with E-state index in [4.69, 9.17) is 14.5 Å².